The van der Waals surface area contributed by atoms with Gasteiger partial charge in [0, 0.05) is 30.9 Å². The highest BCUT2D eigenvalue weighted by molar-refractivity contribution is 5.49. The van der Waals surface area contributed by atoms with Crippen molar-refractivity contribution < 1.29 is 0 Å². The zero-order chi connectivity index (χ0) is 14.5. The minimum Gasteiger partial charge on any atom is -0.367 e. The van der Waals surface area contributed by atoms with E-state index in [1.165, 1.54) is 30.6 Å². The lowest BCUT2D eigenvalue weighted by atomic mass is 10.0. The molecule has 0 aliphatic carbocycles. The Morgan fingerprint density at radius 1 is 1.20 bits per heavy atom. The lowest BCUT2D eigenvalue weighted by molar-refractivity contribution is 0.328. The Balaban J connectivity index is 2.16. The van der Waals surface area contributed by atoms with Gasteiger partial charge in [-0.3, -0.25) is 0 Å². The third-order valence-corrected chi connectivity index (χ3v) is 4.47. The van der Waals surface area contributed by atoms with Crippen LogP contribution >= 0.6 is 0 Å². The van der Waals surface area contributed by atoms with Gasteiger partial charge in [0.05, 0.1) is 0 Å². The molecule has 1 aromatic carbocycles. The first-order chi connectivity index (χ1) is 9.65. The van der Waals surface area contributed by atoms with Gasteiger partial charge in [-0.25, -0.2) is 0 Å². The molecule has 1 aliphatic rings. The largest absolute Gasteiger partial charge is 0.367 e. The van der Waals surface area contributed by atoms with E-state index in [4.69, 9.17) is 5.73 Å². The van der Waals surface area contributed by atoms with Gasteiger partial charge in [0.15, 0.2) is 0 Å². The number of hydrogen-bond donors (Lipinski definition) is 1. The SMILES string of the molecule is CCC1CN(C)CCCN1c1ccc([C@H](N)CC)cc1. The Kier molecular flexibility index (Phi) is 5.44. The molecule has 1 heterocycles. The molecule has 1 saturated heterocycles. The van der Waals surface area contributed by atoms with Gasteiger partial charge >= 0.3 is 0 Å². The molecule has 2 N–H and O–H groups in total. The summed E-state index contributed by atoms with van der Waals surface area (Å²) >= 11 is 0. The second-order valence-corrected chi connectivity index (χ2v) is 5.98. The third kappa shape index (κ3) is 3.53. The van der Waals surface area contributed by atoms with E-state index in [2.05, 4.69) is 55.0 Å². The van der Waals surface area contributed by atoms with Crippen molar-refractivity contribution in [3.8, 4) is 0 Å². The summed E-state index contributed by atoms with van der Waals surface area (Å²) in [7, 11) is 2.23. The molecule has 2 rings (SSSR count). The summed E-state index contributed by atoms with van der Waals surface area (Å²) in [6.45, 7) is 7.94. The highest BCUT2D eigenvalue weighted by Crippen LogP contribution is 2.24. The predicted octanol–water partition coefficient (Wildman–Crippen LogP) is 3.02. The molecule has 0 aromatic heterocycles. The fourth-order valence-electron chi connectivity index (χ4n) is 3.08. The summed E-state index contributed by atoms with van der Waals surface area (Å²) < 4.78 is 0. The summed E-state index contributed by atoms with van der Waals surface area (Å²) in [6, 6.07) is 9.68. The molecule has 1 aromatic rings. The Labute approximate surface area is 123 Å². The average molecular weight is 275 g/mol. The summed E-state index contributed by atoms with van der Waals surface area (Å²) in [6.07, 6.45) is 3.43. The van der Waals surface area contributed by atoms with Crippen molar-refractivity contribution in [1.29, 1.82) is 0 Å². The van der Waals surface area contributed by atoms with E-state index in [1.54, 1.807) is 0 Å². The summed E-state index contributed by atoms with van der Waals surface area (Å²) in [5, 5.41) is 0. The zero-order valence-corrected chi connectivity index (χ0v) is 13.2. The van der Waals surface area contributed by atoms with Gasteiger partial charge in [-0.1, -0.05) is 26.0 Å². The molecule has 0 radical (unpaired) electrons. The molecule has 112 valence electrons. The first kappa shape index (κ1) is 15.3. The van der Waals surface area contributed by atoms with E-state index in [0.29, 0.717) is 6.04 Å². The number of hydrogen-bond acceptors (Lipinski definition) is 3. The monoisotopic (exact) mass is 275 g/mol. The fourth-order valence-corrected chi connectivity index (χ4v) is 3.08. The van der Waals surface area contributed by atoms with Crippen LogP contribution in [-0.4, -0.2) is 37.6 Å². The lowest BCUT2D eigenvalue weighted by Crippen LogP contribution is -2.39. The van der Waals surface area contributed by atoms with Crippen LogP contribution in [0.1, 0.15) is 44.7 Å². The van der Waals surface area contributed by atoms with Crippen molar-refractivity contribution in [3.05, 3.63) is 29.8 Å². The van der Waals surface area contributed by atoms with Crippen LogP contribution in [0.3, 0.4) is 0 Å². The number of likely N-dealkylation sites (N-methyl/N-ethyl adjacent to an activating group) is 1. The molecular formula is C17H29N3. The van der Waals surface area contributed by atoms with Crippen LogP contribution in [0.15, 0.2) is 24.3 Å². The van der Waals surface area contributed by atoms with Gasteiger partial charge in [-0.15, -0.1) is 0 Å². The molecule has 1 aliphatic heterocycles. The molecule has 1 unspecified atom stereocenters. The first-order valence-corrected chi connectivity index (χ1v) is 7.96. The second-order valence-electron chi connectivity index (χ2n) is 5.98. The van der Waals surface area contributed by atoms with E-state index in [9.17, 15) is 0 Å². The molecule has 1 fully saturated rings. The summed E-state index contributed by atoms with van der Waals surface area (Å²) in [4.78, 5) is 5.03. The molecule has 0 bridgehead atoms. The molecule has 0 spiro atoms. The Morgan fingerprint density at radius 2 is 1.90 bits per heavy atom. The maximum atomic E-state index is 6.10. The maximum Gasteiger partial charge on any atom is 0.0414 e. The van der Waals surface area contributed by atoms with Crippen LogP contribution in [-0.2, 0) is 0 Å². The number of nitrogens with zero attached hydrogens (tertiary/aromatic N) is 2. The molecule has 3 nitrogen and oxygen atoms in total. The van der Waals surface area contributed by atoms with Crippen molar-refractivity contribution in [3.63, 3.8) is 0 Å². The van der Waals surface area contributed by atoms with Crippen molar-refractivity contribution in [2.45, 2.75) is 45.2 Å². The van der Waals surface area contributed by atoms with E-state index >= 15 is 0 Å². The minimum atomic E-state index is 0.168. The quantitative estimate of drug-likeness (QED) is 0.917. The van der Waals surface area contributed by atoms with E-state index in [-0.39, 0.29) is 6.04 Å². The van der Waals surface area contributed by atoms with Crippen molar-refractivity contribution in [2.24, 2.45) is 5.73 Å². The topological polar surface area (TPSA) is 32.5 Å². The number of nitrogens with two attached hydrogens (primary N) is 1. The van der Waals surface area contributed by atoms with Gasteiger partial charge in [0.2, 0.25) is 0 Å². The van der Waals surface area contributed by atoms with E-state index < -0.39 is 0 Å². The standard InChI is InChI=1S/C17H29N3/c1-4-15-13-19(3)11-6-12-20(15)16-9-7-14(8-10-16)17(18)5-2/h7-10,15,17H,4-6,11-13,18H2,1-3H3/t15?,17-/m1/s1. The average Bonchev–Trinajstić information content (AvgIpc) is 2.67. The summed E-state index contributed by atoms with van der Waals surface area (Å²) in [5.41, 5.74) is 8.69. The highest BCUT2D eigenvalue weighted by atomic mass is 15.2. The smallest absolute Gasteiger partial charge is 0.0414 e. The number of benzene rings is 1. The van der Waals surface area contributed by atoms with Crippen LogP contribution in [0, 0.1) is 0 Å². The minimum absolute atomic E-state index is 0.168. The van der Waals surface area contributed by atoms with Crippen molar-refractivity contribution in [1.82, 2.24) is 4.90 Å². The van der Waals surface area contributed by atoms with Gasteiger partial charge in [0.1, 0.15) is 0 Å². The predicted molar refractivity (Wildman–Crippen MR) is 87.2 cm³/mol. The van der Waals surface area contributed by atoms with Gasteiger partial charge < -0.3 is 15.5 Å². The molecule has 2 atom stereocenters. The van der Waals surface area contributed by atoms with Crippen LogP contribution in [0.5, 0.6) is 0 Å². The molecular weight excluding hydrogens is 246 g/mol. The molecule has 0 amide bonds. The van der Waals surface area contributed by atoms with Crippen LogP contribution in [0.2, 0.25) is 0 Å². The normalized spacial score (nSPS) is 22.6. The first-order valence-electron chi connectivity index (χ1n) is 7.96. The van der Waals surface area contributed by atoms with Crippen LogP contribution < -0.4 is 10.6 Å². The molecule has 3 heteroatoms. The maximum absolute atomic E-state index is 6.10. The van der Waals surface area contributed by atoms with Gasteiger partial charge in [-0.05, 0) is 50.6 Å². The second kappa shape index (κ2) is 7.09. The Hall–Kier alpha value is -1.06. The number of anilines is 1. The van der Waals surface area contributed by atoms with Crippen LogP contribution in [0.4, 0.5) is 5.69 Å². The third-order valence-electron chi connectivity index (χ3n) is 4.47. The number of rotatable bonds is 4. The summed E-state index contributed by atoms with van der Waals surface area (Å²) in [5.74, 6) is 0. The van der Waals surface area contributed by atoms with Crippen LogP contribution in [0.25, 0.3) is 0 Å². The van der Waals surface area contributed by atoms with Gasteiger partial charge in [0.25, 0.3) is 0 Å². The Morgan fingerprint density at radius 3 is 2.50 bits per heavy atom. The molecule has 20 heavy (non-hydrogen) atoms. The lowest BCUT2D eigenvalue weighted by Gasteiger charge is -2.32. The fraction of sp³-hybridized carbons (Fsp3) is 0.647. The van der Waals surface area contributed by atoms with E-state index in [0.717, 1.165) is 19.5 Å². The van der Waals surface area contributed by atoms with Crippen molar-refractivity contribution >= 4 is 5.69 Å². The molecule has 0 saturated carbocycles. The van der Waals surface area contributed by atoms with E-state index in [1.807, 2.05) is 0 Å². The Bertz CT molecular complexity index is 401. The van der Waals surface area contributed by atoms with Gasteiger partial charge in [-0.2, -0.15) is 0 Å². The van der Waals surface area contributed by atoms with Crippen molar-refractivity contribution in [2.75, 3.05) is 31.6 Å². The zero-order valence-electron chi connectivity index (χ0n) is 13.2. The highest BCUT2D eigenvalue weighted by Gasteiger charge is 2.22.